The number of methoxy groups -OCH3 is 1. The number of aryl methyl sites for hydroxylation is 2. The number of hydrogen-bond acceptors (Lipinski definition) is 4. The van der Waals surface area contributed by atoms with Crippen LogP contribution in [0.4, 0.5) is 11.4 Å². The molecule has 0 bridgehead atoms. The Labute approximate surface area is 187 Å². The van der Waals surface area contributed by atoms with Gasteiger partial charge in [-0.25, -0.2) is 8.42 Å². The lowest BCUT2D eigenvalue weighted by Gasteiger charge is -2.25. The second kappa shape index (κ2) is 9.41. The molecule has 0 spiro atoms. The van der Waals surface area contributed by atoms with E-state index in [0.29, 0.717) is 16.4 Å². The van der Waals surface area contributed by atoms with E-state index in [1.807, 2.05) is 6.92 Å². The van der Waals surface area contributed by atoms with Crippen LogP contribution in [0.2, 0.25) is 5.02 Å². The Hall–Kier alpha value is -3.03. The van der Waals surface area contributed by atoms with E-state index in [2.05, 4.69) is 5.32 Å². The van der Waals surface area contributed by atoms with E-state index in [-0.39, 0.29) is 10.6 Å². The number of nitrogens with one attached hydrogen (secondary N) is 1. The van der Waals surface area contributed by atoms with Crippen LogP contribution in [0.1, 0.15) is 11.1 Å². The zero-order chi connectivity index (χ0) is 22.6. The maximum atomic E-state index is 13.6. The summed E-state index contributed by atoms with van der Waals surface area (Å²) in [5.41, 5.74) is 2.48. The van der Waals surface area contributed by atoms with Gasteiger partial charge in [-0.3, -0.25) is 9.10 Å². The quantitative estimate of drug-likeness (QED) is 0.551. The summed E-state index contributed by atoms with van der Waals surface area (Å²) in [4.78, 5) is 12.8. The molecule has 0 aliphatic carbocycles. The molecule has 1 N–H and O–H groups in total. The Morgan fingerprint density at radius 1 is 1.03 bits per heavy atom. The van der Waals surface area contributed by atoms with Crippen LogP contribution < -0.4 is 14.4 Å². The molecule has 31 heavy (non-hydrogen) atoms. The van der Waals surface area contributed by atoms with Gasteiger partial charge in [-0.1, -0.05) is 41.9 Å². The van der Waals surface area contributed by atoms with Crippen LogP contribution in [0.15, 0.2) is 71.6 Å². The van der Waals surface area contributed by atoms with Gasteiger partial charge in [0.25, 0.3) is 10.0 Å². The van der Waals surface area contributed by atoms with Crippen molar-refractivity contribution in [3.8, 4) is 5.75 Å². The molecule has 3 aromatic rings. The Morgan fingerprint density at radius 3 is 2.39 bits per heavy atom. The zero-order valence-electron chi connectivity index (χ0n) is 17.4. The molecular formula is C23H23ClN2O4S. The second-order valence-electron chi connectivity index (χ2n) is 7.01. The average Bonchev–Trinajstić information content (AvgIpc) is 2.75. The number of ether oxygens (including phenoxy) is 1. The Morgan fingerprint density at radius 2 is 1.74 bits per heavy atom. The van der Waals surface area contributed by atoms with E-state index in [4.69, 9.17) is 16.3 Å². The molecule has 0 saturated carbocycles. The molecule has 0 aliphatic heterocycles. The first-order valence-corrected chi connectivity index (χ1v) is 11.3. The van der Waals surface area contributed by atoms with Crippen molar-refractivity contribution in [2.24, 2.45) is 0 Å². The summed E-state index contributed by atoms with van der Waals surface area (Å²) >= 11 is 6.13. The summed E-state index contributed by atoms with van der Waals surface area (Å²) in [5, 5.41) is 3.22. The number of rotatable bonds is 7. The lowest BCUT2D eigenvalue weighted by molar-refractivity contribution is -0.114. The smallest absolute Gasteiger partial charge is 0.268 e. The van der Waals surface area contributed by atoms with E-state index in [1.165, 1.54) is 13.2 Å². The van der Waals surface area contributed by atoms with E-state index in [9.17, 15) is 13.2 Å². The third-order valence-electron chi connectivity index (χ3n) is 4.67. The monoisotopic (exact) mass is 458 g/mol. The number of halogens is 1. The fourth-order valence-electron chi connectivity index (χ4n) is 3.02. The number of benzene rings is 3. The highest BCUT2D eigenvalue weighted by molar-refractivity contribution is 7.93. The minimum atomic E-state index is -4.10. The largest absolute Gasteiger partial charge is 0.495 e. The molecule has 0 aromatic heterocycles. The third kappa shape index (κ3) is 5.18. The molecular weight excluding hydrogens is 436 g/mol. The fourth-order valence-corrected chi connectivity index (χ4v) is 4.86. The van der Waals surface area contributed by atoms with E-state index < -0.39 is 22.5 Å². The maximum Gasteiger partial charge on any atom is 0.268 e. The van der Waals surface area contributed by atoms with Crippen molar-refractivity contribution in [1.29, 1.82) is 0 Å². The predicted molar refractivity (Wildman–Crippen MR) is 124 cm³/mol. The van der Waals surface area contributed by atoms with Gasteiger partial charge in [0.1, 0.15) is 17.2 Å². The van der Waals surface area contributed by atoms with Crippen LogP contribution in [-0.2, 0) is 14.8 Å². The van der Waals surface area contributed by atoms with E-state index >= 15 is 0 Å². The van der Waals surface area contributed by atoms with Gasteiger partial charge in [-0.2, -0.15) is 0 Å². The van der Waals surface area contributed by atoms with Crippen LogP contribution in [0, 0.1) is 13.8 Å². The van der Waals surface area contributed by atoms with Crippen LogP contribution in [0.5, 0.6) is 5.75 Å². The number of hydrogen-bond donors (Lipinski definition) is 1. The minimum absolute atomic E-state index is 0.00923. The van der Waals surface area contributed by atoms with Gasteiger partial charge in [-0.05, 0) is 61.4 Å². The molecule has 0 unspecified atom stereocenters. The molecule has 0 atom stereocenters. The van der Waals surface area contributed by atoms with Crippen molar-refractivity contribution < 1.29 is 17.9 Å². The molecule has 0 radical (unpaired) electrons. The van der Waals surface area contributed by atoms with Crippen molar-refractivity contribution in [2.75, 3.05) is 23.3 Å². The molecule has 6 nitrogen and oxygen atoms in total. The Kier molecular flexibility index (Phi) is 6.87. The van der Waals surface area contributed by atoms with Gasteiger partial charge in [0.15, 0.2) is 0 Å². The minimum Gasteiger partial charge on any atom is -0.495 e. The summed E-state index contributed by atoms with van der Waals surface area (Å²) in [6.07, 6.45) is 0. The van der Waals surface area contributed by atoms with Gasteiger partial charge in [0, 0.05) is 10.7 Å². The van der Waals surface area contributed by atoms with Crippen molar-refractivity contribution in [1.82, 2.24) is 0 Å². The number of sulfonamides is 1. The lowest BCUT2D eigenvalue weighted by atomic mass is 10.2. The average molecular weight is 459 g/mol. The molecule has 1 amide bonds. The lowest BCUT2D eigenvalue weighted by Crippen LogP contribution is -2.38. The second-order valence-corrected chi connectivity index (χ2v) is 9.25. The highest BCUT2D eigenvalue weighted by Crippen LogP contribution is 2.31. The van der Waals surface area contributed by atoms with Crippen molar-refractivity contribution >= 4 is 38.9 Å². The molecule has 3 rings (SSSR count). The maximum absolute atomic E-state index is 13.6. The summed E-state index contributed by atoms with van der Waals surface area (Å²) in [7, 11) is -2.69. The highest BCUT2D eigenvalue weighted by Gasteiger charge is 2.30. The number of carbonyl (C=O) groups is 1. The summed E-state index contributed by atoms with van der Waals surface area (Å²) < 4.78 is 33.5. The predicted octanol–water partition coefficient (Wildman–Crippen LogP) is 4.80. The van der Waals surface area contributed by atoms with Crippen LogP contribution >= 0.6 is 11.6 Å². The third-order valence-corrected chi connectivity index (χ3v) is 6.88. The first-order chi connectivity index (χ1) is 14.7. The summed E-state index contributed by atoms with van der Waals surface area (Å²) in [6.45, 7) is 3.22. The topological polar surface area (TPSA) is 75.7 Å². The first kappa shape index (κ1) is 22.7. The number of anilines is 2. The van der Waals surface area contributed by atoms with Crippen molar-refractivity contribution in [2.45, 2.75) is 18.7 Å². The van der Waals surface area contributed by atoms with Gasteiger partial charge in [0.2, 0.25) is 5.91 Å². The van der Waals surface area contributed by atoms with Gasteiger partial charge < -0.3 is 10.1 Å². The molecule has 0 saturated heterocycles. The van der Waals surface area contributed by atoms with Gasteiger partial charge >= 0.3 is 0 Å². The van der Waals surface area contributed by atoms with Crippen LogP contribution in [0.25, 0.3) is 0 Å². The number of nitrogens with zero attached hydrogens (tertiary/aromatic N) is 1. The molecule has 3 aromatic carbocycles. The van der Waals surface area contributed by atoms with E-state index in [1.54, 1.807) is 67.6 Å². The Bertz CT molecular complexity index is 1200. The zero-order valence-corrected chi connectivity index (χ0v) is 19.0. The SMILES string of the molecule is COc1ccc(C)cc1S(=O)(=O)N(CC(=O)Nc1ccc(C)c(Cl)c1)c1ccccc1. The molecule has 0 heterocycles. The standard InChI is InChI=1S/C23H23ClN2O4S/c1-16-9-12-21(30-3)22(13-16)31(28,29)26(19-7-5-4-6-8-19)15-23(27)25-18-11-10-17(2)20(24)14-18/h4-14H,15H2,1-3H3,(H,25,27). The van der Waals surface area contributed by atoms with Gasteiger partial charge in [-0.15, -0.1) is 0 Å². The molecule has 162 valence electrons. The van der Waals surface area contributed by atoms with Crippen LogP contribution in [-0.4, -0.2) is 28.0 Å². The molecule has 0 aliphatic rings. The van der Waals surface area contributed by atoms with Crippen molar-refractivity contribution in [3.63, 3.8) is 0 Å². The normalized spacial score (nSPS) is 11.1. The summed E-state index contributed by atoms with van der Waals surface area (Å²) in [5.74, 6) is -0.295. The van der Waals surface area contributed by atoms with Crippen LogP contribution in [0.3, 0.4) is 0 Å². The fraction of sp³-hybridized carbons (Fsp3) is 0.174. The number of para-hydroxylation sites is 1. The Balaban J connectivity index is 1.98. The summed E-state index contributed by atoms with van der Waals surface area (Å²) in [6, 6.07) is 18.5. The highest BCUT2D eigenvalue weighted by atomic mass is 35.5. The first-order valence-electron chi connectivity index (χ1n) is 9.51. The van der Waals surface area contributed by atoms with Crippen molar-refractivity contribution in [3.05, 3.63) is 82.9 Å². The number of amides is 1. The van der Waals surface area contributed by atoms with Gasteiger partial charge in [0.05, 0.1) is 12.8 Å². The number of carbonyl (C=O) groups excluding carboxylic acids is 1. The molecule has 8 heteroatoms. The van der Waals surface area contributed by atoms with E-state index in [0.717, 1.165) is 15.4 Å². The molecule has 0 fully saturated rings.